The van der Waals surface area contributed by atoms with Gasteiger partial charge in [0.1, 0.15) is 49.3 Å². The molecule has 1 fully saturated rings. The number of carbonyl (C=O) groups is 1. The third-order valence-electron chi connectivity index (χ3n) is 12.8. The van der Waals surface area contributed by atoms with E-state index in [1.165, 1.54) is 16.7 Å². The molecular formula is C53H61N6O7PSi. The first-order chi connectivity index (χ1) is 33.0. The molecular weight excluding hydrogens is 892 g/mol. The summed E-state index contributed by atoms with van der Waals surface area (Å²) in [6.07, 6.45) is 1.47. The fourth-order valence-corrected chi connectivity index (χ4v) is 14.5. The first kappa shape index (κ1) is 48.5. The number of hydrogen-bond acceptors (Lipinski definition) is 12. The van der Waals surface area contributed by atoms with Crippen LogP contribution in [0, 0.1) is 0 Å². The number of benzene rings is 5. The highest BCUT2D eigenvalue weighted by molar-refractivity contribution is 7.67. The lowest BCUT2D eigenvalue weighted by Crippen LogP contribution is -2.56. The summed E-state index contributed by atoms with van der Waals surface area (Å²) >= 11 is 0. The zero-order valence-electron chi connectivity index (χ0n) is 39.8. The predicted octanol–water partition coefficient (Wildman–Crippen LogP) is 9.57. The van der Waals surface area contributed by atoms with Crippen molar-refractivity contribution >= 4 is 49.4 Å². The lowest BCUT2D eigenvalue weighted by Gasteiger charge is -2.39. The molecule has 1 saturated heterocycles. The van der Waals surface area contributed by atoms with E-state index in [9.17, 15) is 4.79 Å². The van der Waals surface area contributed by atoms with Crippen LogP contribution in [0.25, 0.3) is 11.2 Å². The zero-order valence-corrected chi connectivity index (χ0v) is 41.7. The minimum Gasteiger partial charge on any atom is -0.497 e. The van der Waals surface area contributed by atoms with E-state index in [-0.39, 0.29) is 31.1 Å². The number of carbonyl (C=O) groups excluding carboxylic acids is 1. The predicted molar refractivity (Wildman–Crippen MR) is 270 cm³/mol. The molecule has 1 unspecified atom stereocenters. The van der Waals surface area contributed by atoms with Gasteiger partial charge in [-0.2, -0.15) is 0 Å². The largest absolute Gasteiger partial charge is 0.497 e. The Balaban J connectivity index is 1.16. The number of ether oxygens (including phenoxy) is 5. The number of anilines is 1. The van der Waals surface area contributed by atoms with Crippen LogP contribution in [0.5, 0.6) is 11.5 Å². The number of rotatable bonds is 20. The Labute approximate surface area is 401 Å². The van der Waals surface area contributed by atoms with Gasteiger partial charge >= 0.3 is 5.71 Å². The number of nitrogens with zero attached hydrogens (tertiary/aromatic N) is 5. The molecule has 7 aromatic rings. The smallest absolute Gasteiger partial charge is 0.370 e. The van der Waals surface area contributed by atoms with Gasteiger partial charge in [0.15, 0.2) is 11.5 Å². The highest BCUT2D eigenvalue weighted by Crippen LogP contribution is 2.51. The maximum absolute atomic E-state index is 14.9. The van der Waals surface area contributed by atoms with E-state index in [1.807, 2.05) is 83.4 Å². The standard InChI is InChI=1S/C53H61N6O7PSi/c1-37(2)59(38(3)4)67(52(60)63-31-32-68(7,44-19-13-9-14-20-44)45-21-15-10-16-22-45)66-46-33-48(58-36-57-49-50(54)55-35-56-51(49)58)65-47(46)34-64-53(39-17-11-8-12-18-39,40-23-27-42(61-5)28-24-40)41-25-29-43(62-6)30-26-41/h8-30,35-38,46-48H,31-34H2,1-7H3,(H2,54,55,56)/t46-,47+,48+,67?/m0/s1. The van der Waals surface area contributed by atoms with Gasteiger partial charge in [-0.3, -0.25) is 4.57 Å². The van der Waals surface area contributed by atoms with Crippen molar-refractivity contribution in [3.63, 3.8) is 0 Å². The van der Waals surface area contributed by atoms with Crippen molar-refractivity contribution in [3.8, 4) is 11.5 Å². The fourth-order valence-electron chi connectivity index (χ4n) is 9.30. The molecule has 0 amide bonds. The van der Waals surface area contributed by atoms with Crippen molar-refractivity contribution in [3.05, 3.63) is 169 Å². The molecule has 2 aromatic heterocycles. The highest BCUT2D eigenvalue weighted by atomic mass is 31.2. The quantitative estimate of drug-likeness (QED) is 0.0441. The molecule has 354 valence electrons. The number of fused-ring (bicyclic) bond motifs is 1. The summed E-state index contributed by atoms with van der Waals surface area (Å²) in [6.45, 7) is 10.9. The average Bonchev–Trinajstić information content (AvgIpc) is 3.99. The number of aromatic nitrogens is 4. The van der Waals surface area contributed by atoms with Crippen molar-refractivity contribution in [1.29, 1.82) is 0 Å². The lowest BCUT2D eigenvalue weighted by atomic mass is 9.80. The fraction of sp³-hybridized carbons (Fsp3) is 0.321. The minimum atomic E-state index is -2.31. The van der Waals surface area contributed by atoms with Crippen LogP contribution >= 0.6 is 8.30 Å². The molecule has 2 N–H and O–H groups in total. The average molecular weight is 953 g/mol. The summed E-state index contributed by atoms with van der Waals surface area (Å²) in [7, 11) is -1.02. The first-order valence-electron chi connectivity index (χ1n) is 23.1. The van der Waals surface area contributed by atoms with Crippen molar-refractivity contribution in [2.75, 3.05) is 33.2 Å². The van der Waals surface area contributed by atoms with Gasteiger partial charge in [0.05, 0.1) is 39.9 Å². The number of hydrogen-bond donors (Lipinski definition) is 1. The van der Waals surface area contributed by atoms with Gasteiger partial charge in [0.25, 0.3) is 0 Å². The van der Waals surface area contributed by atoms with Crippen LogP contribution in [-0.2, 0) is 24.3 Å². The monoisotopic (exact) mass is 952 g/mol. The highest BCUT2D eigenvalue weighted by Gasteiger charge is 2.46. The molecule has 15 heteroatoms. The van der Waals surface area contributed by atoms with Crippen molar-refractivity contribution in [1.82, 2.24) is 24.2 Å². The van der Waals surface area contributed by atoms with Crippen LogP contribution in [0.1, 0.15) is 57.0 Å². The topological polar surface area (TPSA) is 145 Å². The van der Waals surface area contributed by atoms with Gasteiger partial charge in [-0.25, -0.2) is 24.4 Å². The summed E-state index contributed by atoms with van der Waals surface area (Å²) in [4.78, 5) is 28.2. The molecule has 0 aliphatic carbocycles. The molecule has 0 spiro atoms. The summed E-state index contributed by atoms with van der Waals surface area (Å²) in [5.41, 5.74) is 8.34. The second-order valence-corrected chi connectivity index (χ2v) is 23.6. The first-order valence-corrected chi connectivity index (χ1v) is 27.0. The van der Waals surface area contributed by atoms with Crippen molar-refractivity contribution in [2.24, 2.45) is 0 Å². The van der Waals surface area contributed by atoms with E-state index >= 15 is 0 Å². The molecule has 0 bridgehead atoms. The van der Waals surface area contributed by atoms with E-state index < -0.39 is 46.1 Å². The summed E-state index contributed by atoms with van der Waals surface area (Å²) in [5, 5.41) is 2.55. The van der Waals surface area contributed by atoms with E-state index in [4.69, 9.17) is 33.9 Å². The lowest BCUT2D eigenvalue weighted by molar-refractivity contribution is -0.0899. The SMILES string of the molecule is COc1ccc(C(OC[C@H]2O[C@@H](n3cnc4c(N)ncnc43)C[C@@H]2OP(C(=O)OCC[Si](C)(c2ccccc2)c2ccccc2)N(C(C)C)C(C)C)(c2ccccc2)c2ccc(OC)cc2)cc1. The van der Waals surface area contributed by atoms with E-state index in [2.05, 4.69) is 115 Å². The molecule has 1 aliphatic heterocycles. The third kappa shape index (κ3) is 10.1. The van der Waals surface area contributed by atoms with Crippen LogP contribution in [0.15, 0.2) is 152 Å². The summed E-state index contributed by atoms with van der Waals surface area (Å²) in [6, 6.07) is 47.7. The molecule has 3 heterocycles. The van der Waals surface area contributed by atoms with Crippen molar-refractivity contribution in [2.45, 2.75) is 82.8 Å². The zero-order chi connectivity index (χ0) is 47.8. The Bertz CT molecular complexity index is 2620. The van der Waals surface area contributed by atoms with Crippen LogP contribution in [-0.4, -0.2) is 89.7 Å². The van der Waals surface area contributed by atoms with E-state index in [0.717, 1.165) is 16.7 Å². The Morgan fingerprint density at radius 2 is 1.31 bits per heavy atom. The van der Waals surface area contributed by atoms with Crippen LogP contribution < -0.4 is 25.6 Å². The Kier molecular flexibility index (Phi) is 15.3. The molecule has 4 atom stereocenters. The number of imidazole rings is 1. The van der Waals surface area contributed by atoms with Crippen LogP contribution in [0.3, 0.4) is 0 Å². The van der Waals surface area contributed by atoms with Gasteiger partial charge in [-0.1, -0.05) is 132 Å². The molecule has 68 heavy (non-hydrogen) atoms. The van der Waals surface area contributed by atoms with Gasteiger partial charge < -0.3 is 33.9 Å². The number of methoxy groups -OCH3 is 2. The van der Waals surface area contributed by atoms with Gasteiger partial charge in [-0.15, -0.1) is 0 Å². The van der Waals surface area contributed by atoms with Crippen molar-refractivity contribution < 1.29 is 33.0 Å². The third-order valence-corrected chi connectivity index (χ3v) is 19.5. The molecule has 0 radical (unpaired) electrons. The maximum atomic E-state index is 14.9. The number of nitrogen functional groups attached to an aromatic ring is 1. The molecule has 1 aliphatic rings. The van der Waals surface area contributed by atoms with Crippen LogP contribution in [0.2, 0.25) is 12.6 Å². The minimum absolute atomic E-state index is 0.0529. The normalized spacial score (nSPS) is 16.9. The molecule has 5 aromatic carbocycles. The molecule has 8 rings (SSSR count). The maximum Gasteiger partial charge on any atom is 0.370 e. The van der Waals surface area contributed by atoms with E-state index in [0.29, 0.717) is 35.1 Å². The molecule has 0 saturated carbocycles. The Morgan fingerprint density at radius 3 is 1.84 bits per heavy atom. The summed E-state index contributed by atoms with van der Waals surface area (Å²) < 4.78 is 43.2. The van der Waals surface area contributed by atoms with Crippen LogP contribution in [0.4, 0.5) is 10.6 Å². The summed E-state index contributed by atoms with van der Waals surface area (Å²) in [5.74, 6) is 1.69. The van der Waals surface area contributed by atoms with Gasteiger partial charge in [0, 0.05) is 18.5 Å². The van der Waals surface area contributed by atoms with Gasteiger partial charge in [-0.05, 0) is 74.7 Å². The molecule has 13 nitrogen and oxygen atoms in total. The number of nitrogens with two attached hydrogens (primary N) is 1. The van der Waals surface area contributed by atoms with Gasteiger partial charge in [0.2, 0.25) is 8.30 Å². The Morgan fingerprint density at radius 1 is 0.779 bits per heavy atom. The second-order valence-electron chi connectivity index (χ2n) is 17.7. The van der Waals surface area contributed by atoms with E-state index in [1.54, 1.807) is 20.5 Å². The second kappa shape index (κ2) is 21.5. The Hall–Kier alpha value is -5.99.